The Morgan fingerprint density at radius 1 is 1.32 bits per heavy atom. The van der Waals surface area contributed by atoms with E-state index in [2.05, 4.69) is 27.0 Å². The van der Waals surface area contributed by atoms with Crippen LogP contribution in [0, 0.1) is 11.3 Å². The van der Waals surface area contributed by atoms with Gasteiger partial charge in [-0.15, -0.1) is 0 Å². The van der Waals surface area contributed by atoms with Gasteiger partial charge in [0.05, 0.1) is 19.1 Å². The third kappa shape index (κ3) is 6.94. The van der Waals surface area contributed by atoms with E-state index in [1.54, 1.807) is 17.3 Å². The fraction of sp³-hybridized carbons (Fsp3) is 0.316. The van der Waals surface area contributed by atoms with E-state index in [0.717, 1.165) is 15.8 Å². The maximum Gasteiger partial charge on any atom is 0.223 e. The van der Waals surface area contributed by atoms with Crippen molar-refractivity contribution in [3.63, 3.8) is 0 Å². The zero-order valence-corrected chi connectivity index (χ0v) is 15.5. The molecule has 1 aromatic carbocycles. The SMILES string of the molecule is N#CCCN(Cc1cccnc1)C(=O)CCCOc1cccc(Br)c1. The summed E-state index contributed by atoms with van der Waals surface area (Å²) in [5.74, 6) is 0.801. The van der Waals surface area contributed by atoms with Crippen molar-refractivity contribution in [2.75, 3.05) is 13.2 Å². The number of nitriles is 1. The maximum atomic E-state index is 12.5. The highest BCUT2D eigenvalue weighted by molar-refractivity contribution is 9.10. The lowest BCUT2D eigenvalue weighted by atomic mass is 10.2. The predicted molar refractivity (Wildman–Crippen MR) is 98.8 cm³/mol. The molecule has 0 unspecified atom stereocenters. The van der Waals surface area contributed by atoms with Crippen molar-refractivity contribution in [3.8, 4) is 11.8 Å². The van der Waals surface area contributed by atoms with Crippen molar-refractivity contribution >= 4 is 21.8 Å². The maximum absolute atomic E-state index is 12.5. The lowest BCUT2D eigenvalue weighted by Gasteiger charge is -2.21. The monoisotopic (exact) mass is 401 g/mol. The van der Waals surface area contributed by atoms with Gasteiger partial charge in [-0.2, -0.15) is 5.26 Å². The van der Waals surface area contributed by atoms with Gasteiger partial charge in [0.25, 0.3) is 0 Å². The third-order valence-corrected chi connectivity index (χ3v) is 4.04. The second-order valence-corrected chi connectivity index (χ2v) is 6.41. The van der Waals surface area contributed by atoms with Gasteiger partial charge in [0, 0.05) is 36.4 Å². The van der Waals surface area contributed by atoms with Gasteiger partial charge in [-0.1, -0.05) is 28.1 Å². The molecule has 0 fully saturated rings. The highest BCUT2D eigenvalue weighted by atomic mass is 79.9. The van der Waals surface area contributed by atoms with Crippen LogP contribution in [0.25, 0.3) is 0 Å². The molecule has 1 amide bonds. The third-order valence-electron chi connectivity index (χ3n) is 3.54. The van der Waals surface area contributed by atoms with E-state index in [1.807, 2.05) is 36.4 Å². The zero-order valence-electron chi connectivity index (χ0n) is 13.9. The molecule has 0 N–H and O–H groups in total. The van der Waals surface area contributed by atoms with Crippen LogP contribution in [-0.4, -0.2) is 28.9 Å². The zero-order chi connectivity index (χ0) is 17.9. The second kappa shape index (κ2) is 10.5. The van der Waals surface area contributed by atoms with Gasteiger partial charge in [-0.3, -0.25) is 9.78 Å². The minimum Gasteiger partial charge on any atom is -0.494 e. The number of carbonyl (C=O) groups excluding carboxylic acids is 1. The van der Waals surface area contributed by atoms with Crippen LogP contribution in [0.15, 0.2) is 53.3 Å². The molecule has 0 spiro atoms. The first-order valence-corrected chi connectivity index (χ1v) is 8.90. The van der Waals surface area contributed by atoms with Gasteiger partial charge in [0.15, 0.2) is 0 Å². The van der Waals surface area contributed by atoms with Crippen LogP contribution in [0.1, 0.15) is 24.8 Å². The van der Waals surface area contributed by atoms with Gasteiger partial charge >= 0.3 is 0 Å². The molecule has 2 rings (SSSR count). The molecule has 0 aliphatic heterocycles. The van der Waals surface area contributed by atoms with Crippen LogP contribution in [0.5, 0.6) is 5.75 Å². The Hall–Kier alpha value is -2.39. The number of nitrogens with zero attached hydrogens (tertiary/aromatic N) is 3. The smallest absolute Gasteiger partial charge is 0.223 e. The number of halogens is 1. The molecule has 0 radical (unpaired) electrons. The van der Waals surface area contributed by atoms with Gasteiger partial charge < -0.3 is 9.64 Å². The lowest BCUT2D eigenvalue weighted by molar-refractivity contribution is -0.132. The normalized spacial score (nSPS) is 10.1. The van der Waals surface area contributed by atoms with Gasteiger partial charge in [0.1, 0.15) is 5.75 Å². The van der Waals surface area contributed by atoms with E-state index in [1.165, 1.54) is 0 Å². The second-order valence-electron chi connectivity index (χ2n) is 5.49. The Morgan fingerprint density at radius 2 is 2.20 bits per heavy atom. The summed E-state index contributed by atoms with van der Waals surface area (Å²) in [7, 11) is 0. The average Bonchev–Trinajstić information content (AvgIpc) is 2.63. The molecular formula is C19H20BrN3O2. The van der Waals surface area contributed by atoms with Crippen molar-refractivity contribution in [1.82, 2.24) is 9.88 Å². The molecule has 0 saturated heterocycles. The Bertz CT molecular complexity index is 716. The predicted octanol–water partition coefficient (Wildman–Crippen LogP) is 3.95. The number of benzene rings is 1. The molecule has 2 aromatic rings. The molecule has 25 heavy (non-hydrogen) atoms. The van der Waals surface area contributed by atoms with E-state index < -0.39 is 0 Å². The number of hydrogen-bond acceptors (Lipinski definition) is 4. The molecule has 6 heteroatoms. The van der Waals surface area contributed by atoms with E-state index >= 15 is 0 Å². The Labute approximate surface area is 156 Å². The van der Waals surface area contributed by atoms with Crippen LogP contribution < -0.4 is 4.74 Å². The Morgan fingerprint density at radius 3 is 2.92 bits per heavy atom. The molecule has 130 valence electrons. The molecule has 1 aromatic heterocycles. The minimum atomic E-state index is 0.0249. The summed E-state index contributed by atoms with van der Waals surface area (Å²) in [6, 6.07) is 13.5. The van der Waals surface area contributed by atoms with Crippen LogP contribution in [-0.2, 0) is 11.3 Å². The molecule has 0 aliphatic carbocycles. The van der Waals surface area contributed by atoms with Crippen LogP contribution in [0.3, 0.4) is 0 Å². The van der Waals surface area contributed by atoms with Gasteiger partial charge in [0.2, 0.25) is 5.91 Å². The number of aromatic nitrogens is 1. The number of rotatable bonds is 9. The molecule has 1 heterocycles. The first-order chi connectivity index (χ1) is 12.2. The fourth-order valence-corrected chi connectivity index (χ4v) is 2.70. The highest BCUT2D eigenvalue weighted by Crippen LogP contribution is 2.18. The first kappa shape index (κ1) is 18.9. The largest absolute Gasteiger partial charge is 0.494 e. The van der Waals surface area contributed by atoms with Gasteiger partial charge in [-0.25, -0.2) is 0 Å². The van der Waals surface area contributed by atoms with Crippen molar-refractivity contribution in [2.45, 2.75) is 25.8 Å². The summed E-state index contributed by atoms with van der Waals surface area (Å²) in [6.07, 6.45) is 4.77. The summed E-state index contributed by atoms with van der Waals surface area (Å²) >= 11 is 3.40. The average molecular weight is 402 g/mol. The number of hydrogen-bond donors (Lipinski definition) is 0. The molecule has 0 saturated carbocycles. The number of ether oxygens (including phenoxy) is 1. The standard InChI is InChI=1S/C19H20BrN3O2/c20-17-6-1-7-18(13-17)25-12-3-8-19(24)23(11-4-9-21)15-16-5-2-10-22-14-16/h1-2,5-7,10,13-14H,3-4,8,11-12,15H2. The van der Waals surface area contributed by atoms with Gasteiger partial charge in [-0.05, 0) is 36.2 Å². The van der Waals surface area contributed by atoms with Crippen LogP contribution in [0.2, 0.25) is 0 Å². The van der Waals surface area contributed by atoms with E-state index in [0.29, 0.717) is 39.0 Å². The number of carbonyl (C=O) groups is 1. The summed E-state index contributed by atoms with van der Waals surface area (Å²) in [4.78, 5) is 18.2. The topological polar surface area (TPSA) is 66.2 Å². The van der Waals surface area contributed by atoms with E-state index in [9.17, 15) is 4.79 Å². The molecule has 5 nitrogen and oxygen atoms in total. The Kier molecular flexibility index (Phi) is 7.93. The van der Waals surface area contributed by atoms with Crippen molar-refractivity contribution < 1.29 is 9.53 Å². The van der Waals surface area contributed by atoms with Crippen molar-refractivity contribution in [3.05, 3.63) is 58.8 Å². The quantitative estimate of drug-likeness (QED) is 0.596. The van der Waals surface area contributed by atoms with Crippen LogP contribution in [0.4, 0.5) is 0 Å². The fourth-order valence-electron chi connectivity index (χ4n) is 2.32. The van der Waals surface area contributed by atoms with Crippen molar-refractivity contribution in [2.24, 2.45) is 0 Å². The number of pyridine rings is 1. The summed E-state index contributed by atoms with van der Waals surface area (Å²) in [6.45, 7) is 1.37. The first-order valence-electron chi connectivity index (χ1n) is 8.11. The number of amides is 1. The van der Waals surface area contributed by atoms with E-state index in [4.69, 9.17) is 10.00 Å². The van der Waals surface area contributed by atoms with Crippen LogP contribution >= 0.6 is 15.9 Å². The molecule has 0 bridgehead atoms. The Balaban J connectivity index is 1.81. The summed E-state index contributed by atoms with van der Waals surface area (Å²) in [5.41, 5.74) is 0.958. The molecule has 0 aliphatic rings. The lowest BCUT2D eigenvalue weighted by Crippen LogP contribution is -2.31. The molecular weight excluding hydrogens is 382 g/mol. The molecule has 0 atom stereocenters. The highest BCUT2D eigenvalue weighted by Gasteiger charge is 2.13. The minimum absolute atomic E-state index is 0.0249. The summed E-state index contributed by atoms with van der Waals surface area (Å²) in [5, 5.41) is 8.80. The van der Waals surface area contributed by atoms with Crippen molar-refractivity contribution in [1.29, 1.82) is 5.26 Å². The summed E-state index contributed by atoms with van der Waals surface area (Å²) < 4.78 is 6.61. The van der Waals surface area contributed by atoms with E-state index in [-0.39, 0.29) is 5.91 Å².